The summed E-state index contributed by atoms with van der Waals surface area (Å²) in [4.78, 5) is 13.9. The highest BCUT2D eigenvalue weighted by atomic mass is 35.5. The molecule has 0 spiro atoms. The lowest BCUT2D eigenvalue weighted by Gasteiger charge is -2.13. The first-order chi connectivity index (χ1) is 9.70. The molecule has 1 aliphatic heterocycles. The molecule has 0 fully saturated rings. The molecule has 2 heterocycles. The molecule has 0 amide bonds. The molecule has 1 N–H and O–H groups in total. The molecule has 0 saturated carbocycles. The molecule has 3 rings (SSSR count). The number of ketones is 1. The third-order valence-corrected chi connectivity index (χ3v) is 4.82. The largest absolute Gasteiger partial charge is 0.379 e. The maximum Gasteiger partial charge on any atom is 0.196 e. The molecule has 1 aromatic heterocycles. The second-order valence-corrected chi connectivity index (χ2v) is 6.14. The van der Waals surface area contributed by atoms with Gasteiger partial charge in [-0.05, 0) is 24.1 Å². The highest BCUT2D eigenvalue weighted by Gasteiger charge is 2.25. The van der Waals surface area contributed by atoms with E-state index in [4.69, 9.17) is 16.3 Å². The monoisotopic (exact) mass is 307 g/mol. The first kappa shape index (κ1) is 13.6. The van der Waals surface area contributed by atoms with Crippen molar-refractivity contribution in [1.29, 1.82) is 0 Å². The molecule has 104 valence electrons. The zero-order valence-electron chi connectivity index (χ0n) is 11.0. The van der Waals surface area contributed by atoms with Gasteiger partial charge in [0.05, 0.1) is 23.8 Å². The second-order valence-electron chi connectivity index (χ2n) is 4.60. The molecule has 0 unspecified atom stereocenters. The van der Waals surface area contributed by atoms with Crippen LogP contribution in [0.3, 0.4) is 0 Å². The molecular weight excluding hydrogens is 294 g/mol. The van der Waals surface area contributed by atoms with Gasteiger partial charge in [-0.2, -0.15) is 0 Å². The van der Waals surface area contributed by atoms with Gasteiger partial charge in [0.15, 0.2) is 5.78 Å². The molecule has 0 atom stereocenters. The van der Waals surface area contributed by atoms with Crippen molar-refractivity contribution in [2.45, 2.75) is 13.0 Å². The summed E-state index contributed by atoms with van der Waals surface area (Å²) >= 11 is 7.58. The van der Waals surface area contributed by atoms with E-state index in [0.717, 1.165) is 27.4 Å². The van der Waals surface area contributed by atoms with E-state index < -0.39 is 0 Å². The van der Waals surface area contributed by atoms with Crippen LogP contribution in [0.5, 0.6) is 0 Å². The maximum absolute atomic E-state index is 12.8. The Morgan fingerprint density at radius 2 is 2.30 bits per heavy atom. The fourth-order valence-corrected chi connectivity index (χ4v) is 3.75. The molecule has 0 saturated heterocycles. The van der Waals surface area contributed by atoms with E-state index in [-0.39, 0.29) is 5.78 Å². The van der Waals surface area contributed by atoms with Crippen molar-refractivity contribution in [3.05, 3.63) is 50.9 Å². The Labute approximate surface area is 126 Å². The second kappa shape index (κ2) is 5.56. The number of fused-ring (bicyclic) bond motifs is 1. The Hall–Kier alpha value is -1.36. The molecule has 5 heteroatoms. The van der Waals surface area contributed by atoms with Gasteiger partial charge in [0, 0.05) is 22.5 Å². The van der Waals surface area contributed by atoms with Gasteiger partial charge in [-0.25, -0.2) is 0 Å². The molecule has 0 aliphatic carbocycles. The Kier molecular flexibility index (Phi) is 3.78. The van der Waals surface area contributed by atoms with Gasteiger partial charge in [0.1, 0.15) is 0 Å². The molecule has 1 aliphatic rings. The first-order valence-electron chi connectivity index (χ1n) is 6.41. The molecule has 0 bridgehead atoms. The summed E-state index contributed by atoms with van der Waals surface area (Å²) in [6.45, 7) is 1.26. The standard InChI is InChI=1S/C15H14ClNO2S/c1-17-15-13(11-5-6-19-8-12(11)20-15)14(18)9-3-2-4-10(16)7-9/h2-4,7,17H,5-6,8H2,1H3. The smallest absolute Gasteiger partial charge is 0.196 e. The van der Waals surface area contributed by atoms with Gasteiger partial charge in [-0.1, -0.05) is 23.7 Å². The number of rotatable bonds is 3. The van der Waals surface area contributed by atoms with E-state index in [1.165, 1.54) is 0 Å². The number of ether oxygens (including phenoxy) is 1. The molecule has 0 radical (unpaired) electrons. The number of thiophene rings is 1. The van der Waals surface area contributed by atoms with Gasteiger partial charge >= 0.3 is 0 Å². The lowest BCUT2D eigenvalue weighted by atomic mass is 9.98. The third-order valence-electron chi connectivity index (χ3n) is 3.36. The number of benzene rings is 1. The third kappa shape index (κ3) is 2.35. The number of halogens is 1. The molecule has 3 nitrogen and oxygen atoms in total. The van der Waals surface area contributed by atoms with Crippen molar-refractivity contribution in [1.82, 2.24) is 0 Å². The molecule has 1 aromatic carbocycles. The van der Waals surface area contributed by atoms with Crippen LogP contribution in [0.25, 0.3) is 0 Å². The van der Waals surface area contributed by atoms with Crippen molar-refractivity contribution >= 4 is 33.7 Å². The van der Waals surface area contributed by atoms with Crippen LogP contribution in [0.15, 0.2) is 24.3 Å². The number of nitrogens with one attached hydrogen (secondary N) is 1. The van der Waals surface area contributed by atoms with E-state index in [2.05, 4.69) is 5.32 Å². The van der Waals surface area contributed by atoms with E-state index in [9.17, 15) is 4.79 Å². The van der Waals surface area contributed by atoms with Crippen LogP contribution in [-0.4, -0.2) is 19.4 Å². The number of carbonyl (C=O) groups is 1. The van der Waals surface area contributed by atoms with Gasteiger partial charge in [0.2, 0.25) is 0 Å². The van der Waals surface area contributed by atoms with Gasteiger partial charge < -0.3 is 10.1 Å². The van der Waals surface area contributed by atoms with Crippen LogP contribution >= 0.6 is 22.9 Å². The minimum Gasteiger partial charge on any atom is -0.379 e. The number of hydrogen-bond donors (Lipinski definition) is 1. The number of carbonyl (C=O) groups excluding carboxylic acids is 1. The summed E-state index contributed by atoms with van der Waals surface area (Å²) in [6, 6.07) is 7.09. The van der Waals surface area contributed by atoms with Crippen molar-refractivity contribution in [2.75, 3.05) is 19.0 Å². The van der Waals surface area contributed by atoms with Crippen LogP contribution in [0.4, 0.5) is 5.00 Å². The van der Waals surface area contributed by atoms with Crippen molar-refractivity contribution in [3.63, 3.8) is 0 Å². The first-order valence-corrected chi connectivity index (χ1v) is 7.60. The van der Waals surface area contributed by atoms with Crippen molar-refractivity contribution in [2.24, 2.45) is 0 Å². The minimum atomic E-state index is 0.0243. The van der Waals surface area contributed by atoms with E-state index in [0.29, 0.717) is 23.8 Å². The summed E-state index contributed by atoms with van der Waals surface area (Å²) < 4.78 is 5.46. The molecule has 2 aromatic rings. The fraction of sp³-hybridized carbons (Fsp3) is 0.267. The zero-order chi connectivity index (χ0) is 14.1. The molecule has 20 heavy (non-hydrogen) atoms. The van der Waals surface area contributed by atoms with E-state index in [1.54, 1.807) is 35.6 Å². The summed E-state index contributed by atoms with van der Waals surface area (Å²) in [6.07, 6.45) is 0.787. The van der Waals surface area contributed by atoms with E-state index in [1.807, 2.05) is 7.05 Å². The predicted molar refractivity (Wildman–Crippen MR) is 82.1 cm³/mol. The molecular formula is C15H14ClNO2S. The lowest BCUT2D eigenvalue weighted by molar-refractivity contribution is 0.102. The number of anilines is 1. The lowest BCUT2D eigenvalue weighted by Crippen LogP contribution is -2.12. The maximum atomic E-state index is 12.8. The summed E-state index contributed by atoms with van der Waals surface area (Å²) in [7, 11) is 1.84. The minimum absolute atomic E-state index is 0.0243. The zero-order valence-corrected chi connectivity index (χ0v) is 12.6. The highest BCUT2D eigenvalue weighted by molar-refractivity contribution is 7.16. The van der Waals surface area contributed by atoms with Crippen LogP contribution in [0, 0.1) is 0 Å². The van der Waals surface area contributed by atoms with Gasteiger partial charge in [0.25, 0.3) is 0 Å². The Balaban J connectivity index is 2.09. The van der Waals surface area contributed by atoms with Gasteiger partial charge in [-0.3, -0.25) is 4.79 Å². The summed E-state index contributed by atoms with van der Waals surface area (Å²) in [5, 5.41) is 4.61. The Bertz CT molecular complexity index is 666. The number of hydrogen-bond acceptors (Lipinski definition) is 4. The van der Waals surface area contributed by atoms with Crippen LogP contribution in [0.2, 0.25) is 5.02 Å². The SMILES string of the molecule is CNc1sc2c(c1C(=O)c1cccc(Cl)c1)CCOC2. The average Bonchev–Trinajstić information content (AvgIpc) is 2.85. The van der Waals surface area contributed by atoms with Crippen molar-refractivity contribution < 1.29 is 9.53 Å². The van der Waals surface area contributed by atoms with Crippen molar-refractivity contribution in [3.8, 4) is 0 Å². The Morgan fingerprint density at radius 3 is 3.05 bits per heavy atom. The summed E-state index contributed by atoms with van der Waals surface area (Å²) in [5.74, 6) is 0.0243. The van der Waals surface area contributed by atoms with Crippen LogP contribution < -0.4 is 5.32 Å². The fourth-order valence-electron chi connectivity index (χ4n) is 2.42. The quantitative estimate of drug-likeness (QED) is 0.878. The predicted octanol–water partition coefficient (Wildman–Crippen LogP) is 3.75. The average molecular weight is 308 g/mol. The van der Waals surface area contributed by atoms with Crippen LogP contribution in [-0.2, 0) is 17.8 Å². The Morgan fingerprint density at radius 1 is 1.45 bits per heavy atom. The topological polar surface area (TPSA) is 38.3 Å². The normalized spacial score (nSPS) is 13.9. The van der Waals surface area contributed by atoms with E-state index >= 15 is 0 Å². The highest BCUT2D eigenvalue weighted by Crippen LogP contribution is 2.37. The van der Waals surface area contributed by atoms with Gasteiger partial charge in [-0.15, -0.1) is 11.3 Å². The summed E-state index contributed by atoms with van der Waals surface area (Å²) in [5.41, 5.74) is 2.52. The van der Waals surface area contributed by atoms with Crippen LogP contribution in [0.1, 0.15) is 26.4 Å².